The molecule has 1 aliphatic heterocycles. The Hall–Kier alpha value is -1.33. The molecular weight excluding hydrogens is 250 g/mol. The molecule has 1 fully saturated rings. The van der Waals surface area contributed by atoms with Gasteiger partial charge in [-0.2, -0.15) is 5.01 Å². The molecule has 18 heavy (non-hydrogen) atoms. The van der Waals surface area contributed by atoms with Gasteiger partial charge in [0.2, 0.25) is 0 Å². The summed E-state index contributed by atoms with van der Waals surface area (Å²) in [6.45, 7) is -0.612. The highest BCUT2D eigenvalue weighted by molar-refractivity contribution is 5.73. The van der Waals surface area contributed by atoms with Crippen molar-refractivity contribution in [3.8, 4) is 0 Å². The molecule has 10 heteroatoms. The Balaban J connectivity index is 2.70. The first-order valence-corrected chi connectivity index (χ1v) is 5.10. The Morgan fingerprint density at radius 2 is 1.94 bits per heavy atom. The average Bonchev–Trinajstić information content (AvgIpc) is 2.38. The molecule has 0 aliphatic carbocycles. The molecule has 5 N–H and O–H groups in total. The summed E-state index contributed by atoms with van der Waals surface area (Å²) in [5.74, 6) is 0. The Bertz CT molecular complexity index is 313. The van der Waals surface area contributed by atoms with Crippen LogP contribution >= 0.6 is 0 Å². The number of aliphatic hydroxyl groups excluding tert-OH is 4. The summed E-state index contributed by atoms with van der Waals surface area (Å²) in [6.07, 6.45) is -7.23. The molecule has 0 radical (unpaired) electrons. The Labute approximate surface area is 102 Å². The number of aliphatic hydroxyl groups is 4. The van der Waals surface area contributed by atoms with E-state index in [-0.39, 0.29) is 0 Å². The van der Waals surface area contributed by atoms with Crippen LogP contribution in [-0.2, 0) is 4.74 Å². The lowest BCUT2D eigenvalue weighted by Crippen LogP contribution is -2.63. The number of urea groups is 1. The standard InChI is InChI=1S/C8H15N3O7/c1-11(10-17)8(16)9-7-6(15)5(14)4(13)3(2-12)18-7/h3-7,12-15H,2H2,1H3,(H,9,16)/t3-,4+,5+,6+,7-/m0/s1. The van der Waals surface area contributed by atoms with Crippen molar-refractivity contribution in [2.24, 2.45) is 5.29 Å². The summed E-state index contributed by atoms with van der Waals surface area (Å²) in [5.41, 5.74) is 0. The van der Waals surface area contributed by atoms with Crippen LogP contribution in [0.1, 0.15) is 0 Å². The minimum absolute atomic E-state index is 0.418. The van der Waals surface area contributed by atoms with E-state index in [0.717, 1.165) is 7.05 Å². The molecule has 0 aromatic rings. The zero-order chi connectivity index (χ0) is 13.9. The van der Waals surface area contributed by atoms with E-state index in [0.29, 0.717) is 5.01 Å². The number of carbonyl (C=O) groups is 1. The maximum absolute atomic E-state index is 11.3. The van der Waals surface area contributed by atoms with Gasteiger partial charge in [-0.25, -0.2) is 4.79 Å². The van der Waals surface area contributed by atoms with Gasteiger partial charge in [0.25, 0.3) is 0 Å². The number of carbonyl (C=O) groups excluding carboxylic acids is 1. The first-order chi connectivity index (χ1) is 8.42. The van der Waals surface area contributed by atoms with Gasteiger partial charge >= 0.3 is 6.03 Å². The van der Waals surface area contributed by atoms with Crippen LogP contribution in [0, 0.1) is 4.91 Å². The monoisotopic (exact) mass is 265 g/mol. The largest absolute Gasteiger partial charge is 0.394 e. The summed E-state index contributed by atoms with van der Waals surface area (Å²) in [7, 11) is 1.08. The maximum atomic E-state index is 11.3. The zero-order valence-electron chi connectivity index (χ0n) is 9.50. The zero-order valence-corrected chi connectivity index (χ0v) is 9.50. The van der Waals surface area contributed by atoms with Crippen molar-refractivity contribution >= 4 is 6.03 Å². The van der Waals surface area contributed by atoms with Crippen LogP contribution in [0.25, 0.3) is 0 Å². The predicted octanol–water partition coefficient (Wildman–Crippen LogP) is -2.89. The van der Waals surface area contributed by atoms with Gasteiger partial charge in [-0.05, 0) is 0 Å². The van der Waals surface area contributed by atoms with Crippen LogP contribution in [0.5, 0.6) is 0 Å². The molecule has 1 aliphatic rings. The van der Waals surface area contributed by atoms with Crippen molar-refractivity contribution in [3.63, 3.8) is 0 Å². The van der Waals surface area contributed by atoms with Crippen molar-refractivity contribution in [2.45, 2.75) is 30.6 Å². The molecule has 0 aromatic carbocycles. The molecule has 104 valence electrons. The molecule has 2 amide bonds. The van der Waals surface area contributed by atoms with Crippen LogP contribution in [0.2, 0.25) is 0 Å². The van der Waals surface area contributed by atoms with Crippen molar-refractivity contribution in [3.05, 3.63) is 4.91 Å². The summed E-state index contributed by atoms with van der Waals surface area (Å²) in [5, 5.41) is 42.2. The van der Waals surface area contributed by atoms with Crippen LogP contribution in [0.3, 0.4) is 0 Å². The fraction of sp³-hybridized carbons (Fsp3) is 0.875. The van der Waals surface area contributed by atoms with Crippen LogP contribution in [0.15, 0.2) is 5.29 Å². The smallest absolute Gasteiger partial charge is 0.342 e. The van der Waals surface area contributed by atoms with E-state index in [4.69, 9.17) is 9.84 Å². The van der Waals surface area contributed by atoms with Crippen molar-refractivity contribution in [1.82, 2.24) is 10.3 Å². The molecule has 1 saturated heterocycles. The topological polar surface area (TPSA) is 152 Å². The number of hydrogen-bond acceptors (Lipinski definition) is 8. The number of ether oxygens (including phenoxy) is 1. The van der Waals surface area contributed by atoms with Crippen molar-refractivity contribution in [1.29, 1.82) is 0 Å². The van der Waals surface area contributed by atoms with Crippen molar-refractivity contribution < 1.29 is 30.0 Å². The lowest BCUT2D eigenvalue weighted by molar-refractivity contribution is -0.233. The van der Waals surface area contributed by atoms with Gasteiger partial charge < -0.3 is 30.5 Å². The number of amides is 2. The SMILES string of the molecule is CN(N=O)C(=O)N[C@H]1O[C@@H](CO)[C@@H](O)[C@@H](O)[C@H]1O. The Kier molecular flexibility index (Phi) is 4.93. The van der Waals surface area contributed by atoms with E-state index in [1.807, 2.05) is 0 Å². The van der Waals surface area contributed by atoms with E-state index in [9.17, 15) is 25.0 Å². The van der Waals surface area contributed by atoms with Crippen molar-refractivity contribution in [2.75, 3.05) is 13.7 Å². The Morgan fingerprint density at radius 3 is 2.44 bits per heavy atom. The summed E-state index contributed by atoms with van der Waals surface area (Å²) < 4.78 is 4.98. The van der Waals surface area contributed by atoms with Crippen LogP contribution < -0.4 is 5.32 Å². The normalized spacial score (nSPS) is 35.9. The molecular formula is C8H15N3O7. The third kappa shape index (κ3) is 2.91. The van der Waals surface area contributed by atoms with Gasteiger partial charge in [0.1, 0.15) is 24.4 Å². The van der Waals surface area contributed by atoms with E-state index >= 15 is 0 Å². The van der Waals surface area contributed by atoms with Gasteiger partial charge in [-0.1, -0.05) is 0 Å². The molecule has 0 spiro atoms. The van der Waals surface area contributed by atoms with Crippen LogP contribution in [-0.4, -0.2) is 75.8 Å². The second kappa shape index (κ2) is 6.02. The molecule has 0 unspecified atom stereocenters. The first-order valence-electron chi connectivity index (χ1n) is 5.10. The second-order valence-corrected chi connectivity index (χ2v) is 3.80. The maximum Gasteiger partial charge on any atom is 0.342 e. The first kappa shape index (κ1) is 14.7. The fourth-order valence-electron chi connectivity index (χ4n) is 1.47. The Morgan fingerprint density at radius 1 is 1.33 bits per heavy atom. The van der Waals surface area contributed by atoms with E-state index in [1.54, 1.807) is 0 Å². The minimum Gasteiger partial charge on any atom is -0.394 e. The molecule has 1 heterocycles. The van der Waals surface area contributed by atoms with Gasteiger partial charge in [0, 0.05) is 7.05 Å². The number of rotatable bonds is 3. The number of hydrogen-bond donors (Lipinski definition) is 5. The highest BCUT2D eigenvalue weighted by atomic mass is 16.6. The quantitative estimate of drug-likeness (QED) is 0.271. The lowest BCUT2D eigenvalue weighted by atomic mass is 9.98. The van der Waals surface area contributed by atoms with Crippen LogP contribution in [0.4, 0.5) is 4.79 Å². The van der Waals surface area contributed by atoms with Gasteiger partial charge in [-0.3, -0.25) is 0 Å². The third-order valence-corrected chi connectivity index (χ3v) is 2.57. The second-order valence-electron chi connectivity index (χ2n) is 3.80. The highest BCUT2D eigenvalue weighted by Gasteiger charge is 2.44. The third-order valence-electron chi connectivity index (χ3n) is 2.57. The summed E-state index contributed by atoms with van der Waals surface area (Å²) in [6, 6.07) is -0.964. The molecule has 5 atom stereocenters. The average molecular weight is 265 g/mol. The number of nitrogens with zero attached hydrogens (tertiary/aromatic N) is 2. The fourth-order valence-corrected chi connectivity index (χ4v) is 1.47. The van der Waals surface area contributed by atoms with Gasteiger partial charge in [-0.15, -0.1) is 4.91 Å². The van der Waals surface area contributed by atoms with E-state index in [2.05, 4.69) is 10.6 Å². The number of nitroso groups, excluding NO2 is 1. The van der Waals surface area contributed by atoms with Gasteiger partial charge in [0.05, 0.1) is 11.9 Å². The summed E-state index contributed by atoms with van der Waals surface area (Å²) >= 11 is 0. The van der Waals surface area contributed by atoms with E-state index < -0.39 is 43.3 Å². The molecule has 1 rings (SSSR count). The van der Waals surface area contributed by atoms with Gasteiger partial charge in [0.15, 0.2) is 6.23 Å². The van der Waals surface area contributed by atoms with E-state index in [1.165, 1.54) is 0 Å². The molecule has 0 aromatic heterocycles. The minimum atomic E-state index is -1.60. The highest BCUT2D eigenvalue weighted by Crippen LogP contribution is 2.19. The molecule has 0 bridgehead atoms. The lowest BCUT2D eigenvalue weighted by Gasteiger charge is -2.40. The predicted molar refractivity (Wildman–Crippen MR) is 55.9 cm³/mol. The molecule has 10 nitrogen and oxygen atoms in total. The molecule has 0 saturated carbocycles. The summed E-state index contributed by atoms with van der Waals surface area (Å²) in [4.78, 5) is 21.4. The number of nitrogens with one attached hydrogen (secondary N) is 1.